The van der Waals surface area contributed by atoms with E-state index in [9.17, 15) is 18.0 Å². The first-order valence-corrected chi connectivity index (χ1v) is 12.3. The molecule has 1 aliphatic heterocycles. The van der Waals surface area contributed by atoms with Gasteiger partial charge in [0.1, 0.15) is 4.90 Å². The SMILES string of the molecule is COc1cc(C(C)NC(=O)c2ccc3c(c2)S(=O)(=O)N(C(C)C)C3=O)ccc1OCC(C)C. The van der Waals surface area contributed by atoms with E-state index in [4.69, 9.17) is 9.47 Å². The molecule has 0 bridgehead atoms. The number of sulfonamides is 1. The number of amides is 2. The van der Waals surface area contributed by atoms with Crippen LogP contribution < -0.4 is 14.8 Å². The first-order valence-electron chi connectivity index (χ1n) is 10.8. The standard InChI is InChI=1S/C24H30N2O6S/c1-14(2)13-32-20-10-8-17(11-21(20)31-6)16(5)25-23(27)18-7-9-19-22(12-18)33(29,30)26(15(3)4)24(19)28/h7-12,14-16H,13H2,1-6H3,(H,25,27). The van der Waals surface area contributed by atoms with Crippen molar-refractivity contribution in [2.45, 2.75) is 51.6 Å². The van der Waals surface area contributed by atoms with Crippen LogP contribution in [0.4, 0.5) is 0 Å². The van der Waals surface area contributed by atoms with Gasteiger partial charge in [0.05, 0.1) is 25.3 Å². The van der Waals surface area contributed by atoms with E-state index in [0.717, 1.165) is 9.87 Å². The molecule has 0 aliphatic carbocycles. The number of ether oxygens (including phenoxy) is 2. The number of carbonyl (C=O) groups is 2. The molecule has 2 aromatic carbocycles. The molecule has 0 fully saturated rings. The highest BCUT2D eigenvalue weighted by molar-refractivity contribution is 7.90. The molecule has 2 aromatic rings. The van der Waals surface area contributed by atoms with Gasteiger partial charge >= 0.3 is 0 Å². The van der Waals surface area contributed by atoms with Crippen molar-refractivity contribution in [3.8, 4) is 11.5 Å². The summed E-state index contributed by atoms with van der Waals surface area (Å²) in [5.74, 6) is 0.524. The highest BCUT2D eigenvalue weighted by Gasteiger charge is 2.43. The predicted molar refractivity (Wildman–Crippen MR) is 124 cm³/mol. The fraction of sp³-hybridized carbons (Fsp3) is 0.417. The molecule has 0 saturated carbocycles. The molecule has 1 N–H and O–H groups in total. The summed E-state index contributed by atoms with van der Waals surface area (Å²) in [4.78, 5) is 25.2. The van der Waals surface area contributed by atoms with Crippen molar-refractivity contribution in [1.82, 2.24) is 9.62 Å². The quantitative estimate of drug-likeness (QED) is 0.625. The second-order valence-corrected chi connectivity index (χ2v) is 10.5. The summed E-state index contributed by atoms with van der Waals surface area (Å²) in [7, 11) is -2.43. The van der Waals surface area contributed by atoms with Crippen molar-refractivity contribution < 1.29 is 27.5 Å². The summed E-state index contributed by atoms with van der Waals surface area (Å²) in [6, 6.07) is 8.65. The van der Waals surface area contributed by atoms with Crippen LogP contribution in [0.3, 0.4) is 0 Å². The topological polar surface area (TPSA) is 102 Å². The summed E-state index contributed by atoms with van der Waals surface area (Å²) < 4.78 is 37.6. The highest BCUT2D eigenvalue weighted by atomic mass is 32.2. The molecule has 1 aliphatic rings. The van der Waals surface area contributed by atoms with Crippen LogP contribution in [-0.4, -0.2) is 44.3 Å². The van der Waals surface area contributed by atoms with Gasteiger partial charge in [-0.25, -0.2) is 12.7 Å². The van der Waals surface area contributed by atoms with Gasteiger partial charge in [-0.05, 0) is 62.6 Å². The van der Waals surface area contributed by atoms with E-state index in [1.54, 1.807) is 33.1 Å². The molecule has 3 rings (SSSR count). The van der Waals surface area contributed by atoms with Crippen molar-refractivity contribution >= 4 is 21.8 Å². The van der Waals surface area contributed by atoms with E-state index in [-0.39, 0.29) is 22.1 Å². The average molecular weight is 475 g/mol. The molecule has 2 amide bonds. The first kappa shape index (κ1) is 24.6. The monoisotopic (exact) mass is 474 g/mol. The fourth-order valence-corrected chi connectivity index (χ4v) is 5.38. The number of fused-ring (bicyclic) bond motifs is 1. The molecule has 0 radical (unpaired) electrons. The average Bonchev–Trinajstić information content (AvgIpc) is 2.96. The zero-order valence-corrected chi connectivity index (χ0v) is 20.5. The minimum Gasteiger partial charge on any atom is -0.493 e. The van der Waals surface area contributed by atoms with Gasteiger partial charge in [0.25, 0.3) is 21.8 Å². The van der Waals surface area contributed by atoms with E-state index < -0.39 is 27.9 Å². The van der Waals surface area contributed by atoms with Crippen molar-refractivity contribution in [2.24, 2.45) is 5.92 Å². The molecule has 1 heterocycles. The molecule has 0 spiro atoms. The zero-order valence-electron chi connectivity index (χ0n) is 19.7. The molecule has 8 nitrogen and oxygen atoms in total. The number of nitrogens with one attached hydrogen (secondary N) is 1. The third-order valence-corrected chi connectivity index (χ3v) is 7.29. The third kappa shape index (κ3) is 4.83. The normalized spacial score (nSPS) is 15.5. The molecule has 0 saturated heterocycles. The Morgan fingerprint density at radius 1 is 1.03 bits per heavy atom. The van der Waals surface area contributed by atoms with Crippen LogP contribution in [0.5, 0.6) is 11.5 Å². The molecule has 33 heavy (non-hydrogen) atoms. The number of nitrogens with zero attached hydrogens (tertiary/aromatic N) is 1. The van der Waals surface area contributed by atoms with Crippen molar-refractivity contribution in [1.29, 1.82) is 0 Å². The second kappa shape index (κ2) is 9.43. The molecule has 1 unspecified atom stereocenters. The van der Waals surface area contributed by atoms with Gasteiger partial charge in [0.2, 0.25) is 0 Å². The molecule has 1 atom stereocenters. The Labute approximate surface area is 194 Å². The molecule has 0 aromatic heterocycles. The molecular formula is C24H30N2O6S. The van der Waals surface area contributed by atoms with Gasteiger partial charge in [-0.3, -0.25) is 9.59 Å². The maximum absolute atomic E-state index is 12.9. The Morgan fingerprint density at radius 2 is 1.73 bits per heavy atom. The number of methoxy groups -OCH3 is 1. The fourth-order valence-electron chi connectivity index (χ4n) is 3.59. The largest absolute Gasteiger partial charge is 0.493 e. The van der Waals surface area contributed by atoms with Crippen LogP contribution in [0.2, 0.25) is 0 Å². The van der Waals surface area contributed by atoms with Crippen molar-refractivity contribution in [3.63, 3.8) is 0 Å². The second-order valence-electron chi connectivity index (χ2n) is 8.72. The number of rotatable bonds is 8. The summed E-state index contributed by atoms with van der Waals surface area (Å²) in [6.07, 6.45) is 0. The first-order chi connectivity index (χ1) is 15.5. The smallest absolute Gasteiger partial charge is 0.269 e. The summed E-state index contributed by atoms with van der Waals surface area (Å²) in [5.41, 5.74) is 1.04. The lowest BCUT2D eigenvalue weighted by Crippen LogP contribution is -2.36. The van der Waals surface area contributed by atoms with Crippen LogP contribution in [0.1, 0.15) is 66.9 Å². The van der Waals surface area contributed by atoms with Crippen molar-refractivity contribution in [2.75, 3.05) is 13.7 Å². The number of benzene rings is 2. The summed E-state index contributed by atoms with van der Waals surface area (Å²) in [5, 5.41) is 2.87. The lowest BCUT2D eigenvalue weighted by molar-refractivity contribution is 0.0845. The minimum absolute atomic E-state index is 0.0787. The van der Waals surface area contributed by atoms with Gasteiger partial charge in [-0.15, -0.1) is 0 Å². The molecule has 9 heteroatoms. The Balaban J connectivity index is 1.80. The van der Waals surface area contributed by atoms with E-state index in [1.165, 1.54) is 18.2 Å². The maximum Gasteiger partial charge on any atom is 0.269 e. The van der Waals surface area contributed by atoms with Crippen LogP contribution in [0.25, 0.3) is 0 Å². The van der Waals surface area contributed by atoms with Crippen LogP contribution in [0.15, 0.2) is 41.3 Å². The summed E-state index contributed by atoms with van der Waals surface area (Å²) in [6.45, 7) is 9.74. The van der Waals surface area contributed by atoms with E-state index >= 15 is 0 Å². The Bertz CT molecular complexity index is 1170. The molecule has 178 valence electrons. The van der Waals surface area contributed by atoms with E-state index in [1.807, 2.05) is 13.0 Å². The van der Waals surface area contributed by atoms with Gasteiger partial charge in [-0.2, -0.15) is 0 Å². The Kier molecular flexibility index (Phi) is 7.02. The van der Waals surface area contributed by atoms with Crippen LogP contribution in [0, 0.1) is 5.92 Å². The zero-order chi connectivity index (χ0) is 24.5. The number of carbonyl (C=O) groups excluding carboxylic acids is 2. The van der Waals surface area contributed by atoms with E-state index in [0.29, 0.717) is 24.0 Å². The number of hydrogen-bond acceptors (Lipinski definition) is 6. The summed E-state index contributed by atoms with van der Waals surface area (Å²) >= 11 is 0. The number of hydrogen-bond donors (Lipinski definition) is 1. The Morgan fingerprint density at radius 3 is 2.33 bits per heavy atom. The van der Waals surface area contributed by atoms with Crippen LogP contribution >= 0.6 is 0 Å². The van der Waals surface area contributed by atoms with Gasteiger partial charge in [0.15, 0.2) is 11.5 Å². The lowest BCUT2D eigenvalue weighted by atomic mass is 10.1. The minimum atomic E-state index is -3.98. The van der Waals surface area contributed by atoms with Gasteiger partial charge in [0, 0.05) is 11.6 Å². The van der Waals surface area contributed by atoms with Crippen molar-refractivity contribution in [3.05, 3.63) is 53.1 Å². The molecular weight excluding hydrogens is 444 g/mol. The Hall–Kier alpha value is -3.07. The van der Waals surface area contributed by atoms with Crippen LogP contribution in [-0.2, 0) is 10.0 Å². The van der Waals surface area contributed by atoms with Gasteiger partial charge < -0.3 is 14.8 Å². The van der Waals surface area contributed by atoms with E-state index in [2.05, 4.69) is 19.2 Å². The van der Waals surface area contributed by atoms with Gasteiger partial charge in [-0.1, -0.05) is 19.9 Å². The predicted octanol–water partition coefficient (Wildman–Crippen LogP) is 3.77. The maximum atomic E-state index is 12.9. The highest BCUT2D eigenvalue weighted by Crippen LogP contribution is 2.33. The third-order valence-electron chi connectivity index (χ3n) is 5.29. The lowest BCUT2D eigenvalue weighted by Gasteiger charge is -2.19.